The molecular formula is C16H18ClNO3S2. The Kier molecular flexibility index (Phi) is 6.77. The lowest BCUT2D eigenvalue weighted by molar-refractivity contribution is 0.414. The maximum absolute atomic E-state index is 12.1. The fraction of sp³-hybridized carbons (Fsp3) is 0.250. The Morgan fingerprint density at radius 2 is 1.91 bits per heavy atom. The smallest absolute Gasteiger partial charge is 0.240 e. The van der Waals surface area contributed by atoms with Crippen molar-refractivity contribution in [2.24, 2.45) is 0 Å². The highest BCUT2D eigenvalue weighted by Crippen LogP contribution is 2.17. The molecule has 2 aromatic rings. The van der Waals surface area contributed by atoms with Gasteiger partial charge in [0.25, 0.3) is 0 Å². The van der Waals surface area contributed by atoms with E-state index in [9.17, 15) is 8.42 Å². The van der Waals surface area contributed by atoms with Crippen molar-refractivity contribution < 1.29 is 13.2 Å². The van der Waals surface area contributed by atoms with Gasteiger partial charge in [-0.05, 0) is 42.0 Å². The van der Waals surface area contributed by atoms with Crippen LogP contribution in [-0.2, 0) is 15.8 Å². The lowest BCUT2D eigenvalue weighted by atomic mass is 10.2. The van der Waals surface area contributed by atoms with Gasteiger partial charge in [0.05, 0.1) is 12.0 Å². The van der Waals surface area contributed by atoms with E-state index in [2.05, 4.69) is 4.72 Å². The summed E-state index contributed by atoms with van der Waals surface area (Å²) in [6.45, 7) is 0.375. The molecule has 4 nitrogen and oxygen atoms in total. The second-order valence-electron chi connectivity index (χ2n) is 4.76. The number of rotatable bonds is 8. The highest BCUT2D eigenvalue weighted by molar-refractivity contribution is 7.98. The van der Waals surface area contributed by atoms with Crippen LogP contribution in [0.5, 0.6) is 5.75 Å². The molecule has 2 aromatic carbocycles. The van der Waals surface area contributed by atoms with Crippen LogP contribution in [0.1, 0.15) is 5.56 Å². The first-order valence-corrected chi connectivity index (χ1v) is 9.99. The Morgan fingerprint density at radius 3 is 2.57 bits per heavy atom. The molecular weight excluding hydrogens is 354 g/mol. The van der Waals surface area contributed by atoms with Crippen LogP contribution in [0.3, 0.4) is 0 Å². The molecule has 124 valence electrons. The van der Waals surface area contributed by atoms with Gasteiger partial charge in [-0.1, -0.05) is 23.7 Å². The summed E-state index contributed by atoms with van der Waals surface area (Å²) in [5.41, 5.74) is 1.13. The normalized spacial score (nSPS) is 11.4. The SMILES string of the molecule is COc1ccc(S(=O)(=O)NCCSCc2cccc(Cl)c2)cc1. The third-order valence-electron chi connectivity index (χ3n) is 3.07. The van der Waals surface area contributed by atoms with Crippen molar-refractivity contribution in [1.29, 1.82) is 0 Å². The lowest BCUT2D eigenvalue weighted by Gasteiger charge is -2.07. The maximum atomic E-state index is 12.1. The van der Waals surface area contributed by atoms with Crippen molar-refractivity contribution in [1.82, 2.24) is 4.72 Å². The minimum absolute atomic E-state index is 0.234. The lowest BCUT2D eigenvalue weighted by Crippen LogP contribution is -2.26. The molecule has 0 unspecified atom stereocenters. The highest BCUT2D eigenvalue weighted by atomic mass is 35.5. The molecule has 0 spiro atoms. The summed E-state index contributed by atoms with van der Waals surface area (Å²) >= 11 is 7.58. The third-order valence-corrected chi connectivity index (χ3v) is 5.81. The zero-order valence-corrected chi connectivity index (χ0v) is 15.0. The minimum Gasteiger partial charge on any atom is -0.497 e. The van der Waals surface area contributed by atoms with Gasteiger partial charge in [0, 0.05) is 23.1 Å². The van der Waals surface area contributed by atoms with Crippen LogP contribution < -0.4 is 9.46 Å². The van der Waals surface area contributed by atoms with E-state index in [1.807, 2.05) is 24.3 Å². The summed E-state index contributed by atoms with van der Waals surface area (Å²) in [5.74, 6) is 2.10. The van der Waals surface area contributed by atoms with E-state index < -0.39 is 10.0 Å². The summed E-state index contributed by atoms with van der Waals surface area (Å²) in [7, 11) is -1.94. The van der Waals surface area contributed by atoms with Crippen molar-refractivity contribution >= 4 is 33.4 Å². The number of benzene rings is 2. The molecule has 0 aliphatic heterocycles. The third kappa shape index (κ3) is 5.73. The molecule has 0 heterocycles. The number of sulfonamides is 1. The first-order valence-electron chi connectivity index (χ1n) is 6.97. The van der Waals surface area contributed by atoms with Gasteiger partial charge in [-0.2, -0.15) is 11.8 Å². The van der Waals surface area contributed by atoms with E-state index in [0.717, 1.165) is 11.3 Å². The van der Waals surface area contributed by atoms with Crippen molar-refractivity contribution in [2.45, 2.75) is 10.6 Å². The number of halogens is 1. The van der Waals surface area contributed by atoms with Crippen LogP contribution in [-0.4, -0.2) is 27.8 Å². The zero-order valence-electron chi connectivity index (χ0n) is 12.7. The molecule has 7 heteroatoms. The second-order valence-corrected chi connectivity index (χ2v) is 8.06. The number of hydrogen-bond donors (Lipinski definition) is 1. The van der Waals surface area contributed by atoms with E-state index in [1.165, 1.54) is 12.1 Å². The summed E-state index contributed by atoms with van der Waals surface area (Å²) in [6.07, 6.45) is 0. The first kappa shape index (κ1) is 18.1. The Labute approximate surface area is 146 Å². The van der Waals surface area contributed by atoms with Gasteiger partial charge in [0.15, 0.2) is 0 Å². The first-order chi connectivity index (χ1) is 11.0. The van der Waals surface area contributed by atoms with Gasteiger partial charge in [-0.3, -0.25) is 0 Å². The van der Waals surface area contributed by atoms with Crippen molar-refractivity contribution in [3.63, 3.8) is 0 Å². The predicted molar refractivity (Wildman–Crippen MR) is 95.8 cm³/mol. The summed E-state index contributed by atoms with van der Waals surface area (Å²) in [4.78, 5) is 0.234. The van der Waals surface area contributed by atoms with Crippen LogP contribution >= 0.6 is 23.4 Å². The summed E-state index contributed by atoms with van der Waals surface area (Å²) < 4.78 is 31.9. The monoisotopic (exact) mass is 371 g/mol. The Hall–Kier alpha value is -1.21. The van der Waals surface area contributed by atoms with Gasteiger partial charge in [-0.15, -0.1) is 0 Å². The Balaban J connectivity index is 1.78. The van der Waals surface area contributed by atoms with Gasteiger partial charge < -0.3 is 4.74 Å². The van der Waals surface area contributed by atoms with E-state index in [-0.39, 0.29) is 4.90 Å². The minimum atomic E-state index is -3.48. The van der Waals surface area contributed by atoms with Gasteiger partial charge in [0.1, 0.15) is 5.75 Å². The van der Waals surface area contributed by atoms with Crippen LogP contribution in [0, 0.1) is 0 Å². The van der Waals surface area contributed by atoms with E-state index in [1.54, 1.807) is 31.0 Å². The number of thioether (sulfide) groups is 1. The second kappa shape index (κ2) is 8.59. The molecule has 0 aromatic heterocycles. The Bertz CT molecular complexity index is 733. The molecule has 1 N–H and O–H groups in total. The summed E-state index contributed by atoms with van der Waals surface area (Å²) in [5, 5.41) is 0.711. The molecule has 0 saturated carbocycles. The van der Waals surface area contributed by atoms with Gasteiger partial charge in [-0.25, -0.2) is 13.1 Å². The average Bonchev–Trinajstić information content (AvgIpc) is 2.54. The Morgan fingerprint density at radius 1 is 1.17 bits per heavy atom. The fourth-order valence-electron chi connectivity index (χ4n) is 1.90. The maximum Gasteiger partial charge on any atom is 0.240 e. The molecule has 0 amide bonds. The van der Waals surface area contributed by atoms with Gasteiger partial charge in [0.2, 0.25) is 10.0 Å². The number of hydrogen-bond acceptors (Lipinski definition) is 4. The quantitative estimate of drug-likeness (QED) is 0.721. The molecule has 0 aliphatic carbocycles. The number of methoxy groups -OCH3 is 1. The van der Waals surface area contributed by atoms with Gasteiger partial charge >= 0.3 is 0 Å². The fourth-order valence-corrected chi connectivity index (χ4v) is 4.08. The van der Waals surface area contributed by atoms with Crippen LogP contribution in [0.25, 0.3) is 0 Å². The molecule has 0 aliphatic rings. The molecule has 0 atom stereocenters. The average molecular weight is 372 g/mol. The van der Waals surface area contributed by atoms with Crippen molar-refractivity contribution in [3.8, 4) is 5.75 Å². The molecule has 0 fully saturated rings. The number of ether oxygens (including phenoxy) is 1. The topological polar surface area (TPSA) is 55.4 Å². The highest BCUT2D eigenvalue weighted by Gasteiger charge is 2.12. The van der Waals surface area contributed by atoms with Crippen LogP contribution in [0.15, 0.2) is 53.4 Å². The summed E-state index contributed by atoms with van der Waals surface area (Å²) in [6, 6.07) is 14.0. The molecule has 23 heavy (non-hydrogen) atoms. The predicted octanol–water partition coefficient (Wildman–Crippen LogP) is 3.56. The van der Waals surface area contributed by atoms with Crippen LogP contribution in [0.2, 0.25) is 5.02 Å². The standard InChI is InChI=1S/C16H18ClNO3S2/c1-21-15-5-7-16(8-6-15)23(19,20)18-9-10-22-12-13-3-2-4-14(17)11-13/h2-8,11,18H,9-10,12H2,1H3. The molecule has 2 rings (SSSR count). The molecule has 0 saturated heterocycles. The van der Waals surface area contributed by atoms with E-state index in [0.29, 0.717) is 23.1 Å². The zero-order chi connectivity index (χ0) is 16.7. The van der Waals surface area contributed by atoms with E-state index in [4.69, 9.17) is 16.3 Å². The molecule has 0 radical (unpaired) electrons. The molecule has 0 bridgehead atoms. The van der Waals surface area contributed by atoms with Crippen molar-refractivity contribution in [2.75, 3.05) is 19.4 Å². The largest absolute Gasteiger partial charge is 0.497 e. The van der Waals surface area contributed by atoms with E-state index >= 15 is 0 Å². The number of nitrogens with one attached hydrogen (secondary N) is 1. The van der Waals surface area contributed by atoms with Crippen molar-refractivity contribution in [3.05, 3.63) is 59.1 Å². The van der Waals surface area contributed by atoms with Crippen LogP contribution in [0.4, 0.5) is 0 Å².